The summed E-state index contributed by atoms with van der Waals surface area (Å²) in [4.78, 5) is 0. The molecule has 0 aromatic carbocycles. The Labute approximate surface area is 64.4 Å². The largest absolute Gasteiger partial charge is 0.378 e. The first-order chi connectivity index (χ1) is 4.93. The Balaban J connectivity index is 3.15. The third-order valence-corrected chi connectivity index (χ3v) is 1.34. The summed E-state index contributed by atoms with van der Waals surface area (Å²) in [6.07, 6.45) is 0. The summed E-state index contributed by atoms with van der Waals surface area (Å²) in [6, 6.07) is 0. The first kappa shape index (κ1) is 8.04. The van der Waals surface area contributed by atoms with Gasteiger partial charge in [0.25, 0.3) is 0 Å². The number of hydrogen-bond acceptors (Lipinski definition) is 3. The molecule has 4 heteroatoms. The molecule has 0 fully saturated rings. The highest BCUT2D eigenvalue weighted by Gasteiger charge is 2.25. The van der Waals surface area contributed by atoms with E-state index in [0.717, 1.165) is 0 Å². The van der Waals surface area contributed by atoms with E-state index in [-0.39, 0.29) is 17.0 Å². The van der Waals surface area contributed by atoms with Crippen molar-refractivity contribution in [3.8, 4) is 0 Å². The molecule has 0 aliphatic carbocycles. The molecule has 0 amide bonds. The fraction of sp³-hybridized carbons (Fsp3) is 0.571. The van der Waals surface area contributed by atoms with Crippen LogP contribution < -0.4 is 5.73 Å². The molecule has 0 radical (unpaired) electrons. The van der Waals surface area contributed by atoms with Gasteiger partial charge < -0.3 is 10.3 Å². The standard InChI is InChI=1S/C7H11FN2O/c1-7(2,3)5-4(8)6(9)10-11-5/h1-3H3,(H2,9,10). The maximum Gasteiger partial charge on any atom is 0.210 e. The normalized spacial score (nSPS) is 12.0. The molecule has 0 bridgehead atoms. The minimum absolute atomic E-state index is 0.171. The third-order valence-electron chi connectivity index (χ3n) is 1.34. The van der Waals surface area contributed by atoms with E-state index in [1.807, 2.05) is 20.8 Å². The van der Waals surface area contributed by atoms with E-state index in [1.165, 1.54) is 0 Å². The molecule has 0 saturated carbocycles. The second-order valence-corrected chi connectivity index (χ2v) is 3.46. The van der Waals surface area contributed by atoms with Crippen LogP contribution in [0.3, 0.4) is 0 Å². The molecule has 1 aromatic rings. The van der Waals surface area contributed by atoms with Gasteiger partial charge in [0.15, 0.2) is 5.76 Å². The van der Waals surface area contributed by atoms with Gasteiger partial charge in [-0.15, -0.1) is 0 Å². The Morgan fingerprint density at radius 2 is 2.00 bits per heavy atom. The van der Waals surface area contributed by atoms with Crippen molar-refractivity contribution in [3.63, 3.8) is 0 Å². The molecule has 1 rings (SSSR count). The van der Waals surface area contributed by atoms with Gasteiger partial charge in [0.05, 0.1) is 0 Å². The topological polar surface area (TPSA) is 52.0 Å². The van der Waals surface area contributed by atoms with Crippen molar-refractivity contribution in [2.45, 2.75) is 26.2 Å². The smallest absolute Gasteiger partial charge is 0.210 e. The van der Waals surface area contributed by atoms with Crippen molar-refractivity contribution < 1.29 is 8.91 Å². The third kappa shape index (κ3) is 1.34. The highest BCUT2D eigenvalue weighted by Crippen LogP contribution is 2.27. The molecule has 0 aliphatic heterocycles. The molecule has 11 heavy (non-hydrogen) atoms. The number of halogens is 1. The zero-order valence-electron chi connectivity index (χ0n) is 6.81. The van der Waals surface area contributed by atoms with Gasteiger partial charge in [0.2, 0.25) is 11.6 Å². The number of nitrogens with zero attached hydrogens (tertiary/aromatic N) is 1. The number of anilines is 1. The summed E-state index contributed by atoms with van der Waals surface area (Å²) in [5.74, 6) is -0.512. The molecule has 1 aromatic heterocycles. The molecule has 3 nitrogen and oxygen atoms in total. The fourth-order valence-electron chi connectivity index (χ4n) is 0.757. The van der Waals surface area contributed by atoms with Gasteiger partial charge in [-0.3, -0.25) is 0 Å². The zero-order chi connectivity index (χ0) is 8.65. The zero-order valence-corrected chi connectivity index (χ0v) is 6.81. The van der Waals surface area contributed by atoms with Crippen LogP contribution in [-0.4, -0.2) is 5.16 Å². The van der Waals surface area contributed by atoms with E-state index < -0.39 is 5.82 Å². The molecule has 2 N–H and O–H groups in total. The molecule has 0 saturated heterocycles. The summed E-state index contributed by atoms with van der Waals surface area (Å²) in [6.45, 7) is 5.49. The van der Waals surface area contributed by atoms with Crippen molar-refractivity contribution in [3.05, 3.63) is 11.6 Å². The first-order valence-corrected chi connectivity index (χ1v) is 3.34. The van der Waals surface area contributed by atoms with E-state index >= 15 is 0 Å². The Hall–Kier alpha value is -1.06. The van der Waals surface area contributed by atoms with Crippen LogP contribution in [0.1, 0.15) is 26.5 Å². The number of nitrogens with two attached hydrogens (primary N) is 1. The molecular weight excluding hydrogens is 147 g/mol. The Morgan fingerprint density at radius 1 is 1.45 bits per heavy atom. The fourth-order valence-corrected chi connectivity index (χ4v) is 0.757. The predicted octanol–water partition coefficient (Wildman–Crippen LogP) is 1.69. The van der Waals surface area contributed by atoms with Crippen LogP contribution in [0, 0.1) is 5.82 Å². The average Bonchev–Trinajstić information content (AvgIpc) is 2.11. The molecule has 0 atom stereocenters. The summed E-state index contributed by atoms with van der Waals surface area (Å²) >= 11 is 0. The molecule has 0 aliphatic rings. The number of hydrogen-bond donors (Lipinski definition) is 1. The van der Waals surface area contributed by atoms with E-state index in [9.17, 15) is 4.39 Å². The highest BCUT2D eigenvalue weighted by molar-refractivity contribution is 5.32. The van der Waals surface area contributed by atoms with Crippen molar-refractivity contribution in [2.75, 3.05) is 5.73 Å². The van der Waals surface area contributed by atoms with Crippen LogP contribution in [0.2, 0.25) is 0 Å². The first-order valence-electron chi connectivity index (χ1n) is 3.34. The van der Waals surface area contributed by atoms with Gasteiger partial charge in [-0.2, -0.15) is 4.39 Å². The van der Waals surface area contributed by atoms with E-state index in [1.54, 1.807) is 0 Å². The lowest BCUT2D eigenvalue weighted by molar-refractivity contribution is 0.317. The van der Waals surface area contributed by atoms with Crippen LogP contribution in [0.15, 0.2) is 4.52 Å². The Morgan fingerprint density at radius 3 is 2.18 bits per heavy atom. The number of rotatable bonds is 0. The maximum atomic E-state index is 13.0. The minimum atomic E-state index is -0.544. The quantitative estimate of drug-likeness (QED) is 0.625. The predicted molar refractivity (Wildman–Crippen MR) is 39.6 cm³/mol. The monoisotopic (exact) mass is 158 g/mol. The van der Waals surface area contributed by atoms with Gasteiger partial charge in [0.1, 0.15) is 0 Å². The van der Waals surface area contributed by atoms with E-state index in [4.69, 9.17) is 10.3 Å². The van der Waals surface area contributed by atoms with Crippen molar-refractivity contribution >= 4 is 5.82 Å². The van der Waals surface area contributed by atoms with Crippen LogP contribution in [0.4, 0.5) is 10.2 Å². The number of aromatic nitrogens is 1. The van der Waals surface area contributed by atoms with Crippen molar-refractivity contribution in [1.82, 2.24) is 5.16 Å². The van der Waals surface area contributed by atoms with Crippen LogP contribution in [0.5, 0.6) is 0 Å². The summed E-state index contributed by atoms with van der Waals surface area (Å²) < 4.78 is 17.7. The molecule has 62 valence electrons. The Bertz CT molecular complexity index is 262. The molecule has 0 spiro atoms. The SMILES string of the molecule is CC(C)(C)c1onc(N)c1F. The second kappa shape index (κ2) is 2.22. The van der Waals surface area contributed by atoms with Crippen molar-refractivity contribution in [2.24, 2.45) is 0 Å². The number of nitrogen functional groups attached to an aromatic ring is 1. The van der Waals surface area contributed by atoms with E-state index in [0.29, 0.717) is 0 Å². The Kier molecular flexibility index (Phi) is 1.62. The van der Waals surface area contributed by atoms with Gasteiger partial charge >= 0.3 is 0 Å². The maximum absolute atomic E-state index is 13.0. The lowest BCUT2D eigenvalue weighted by atomic mass is 9.93. The average molecular weight is 158 g/mol. The lowest BCUT2D eigenvalue weighted by Gasteiger charge is -2.12. The highest BCUT2D eigenvalue weighted by atomic mass is 19.1. The lowest BCUT2D eigenvalue weighted by Crippen LogP contribution is -2.11. The summed E-state index contributed by atoms with van der Waals surface area (Å²) in [5.41, 5.74) is 4.78. The van der Waals surface area contributed by atoms with Crippen molar-refractivity contribution in [1.29, 1.82) is 0 Å². The van der Waals surface area contributed by atoms with Gasteiger partial charge in [-0.1, -0.05) is 25.9 Å². The van der Waals surface area contributed by atoms with E-state index in [2.05, 4.69) is 5.16 Å². The minimum Gasteiger partial charge on any atom is -0.378 e. The van der Waals surface area contributed by atoms with Gasteiger partial charge in [0, 0.05) is 5.41 Å². The van der Waals surface area contributed by atoms with Crippen LogP contribution >= 0.6 is 0 Å². The van der Waals surface area contributed by atoms with Crippen LogP contribution in [-0.2, 0) is 5.41 Å². The van der Waals surface area contributed by atoms with Gasteiger partial charge in [-0.25, -0.2) is 0 Å². The van der Waals surface area contributed by atoms with Gasteiger partial charge in [-0.05, 0) is 0 Å². The molecule has 1 heterocycles. The second-order valence-electron chi connectivity index (χ2n) is 3.46. The summed E-state index contributed by atoms with van der Waals surface area (Å²) in [7, 11) is 0. The summed E-state index contributed by atoms with van der Waals surface area (Å²) in [5, 5.41) is 3.31. The van der Waals surface area contributed by atoms with Crippen LogP contribution in [0.25, 0.3) is 0 Å². The molecular formula is C7H11FN2O. The molecule has 0 unspecified atom stereocenters.